The standard InChI is InChI=1S/C18H12F2N4O4S2/c19-15-1-5-17(6-2-15)29(25,26)23-11-13(9-21-23)14-10-22-24(12-14)30(27,28)18-7-3-16(20)4-8-18/h1-12H. The maximum absolute atomic E-state index is 13.0. The second-order valence-corrected chi connectivity index (χ2v) is 9.71. The van der Waals surface area contributed by atoms with E-state index in [4.69, 9.17) is 0 Å². The number of halogens is 2. The Hall–Kier alpha value is -3.38. The molecule has 0 saturated heterocycles. The molecule has 0 N–H and O–H groups in total. The van der Waals surface area contributed by atoms with Crippen molar-refractivity contribution in [1.82, 2.24) is 18.4 Å². The SMILES string of the molecule is O=S(=O)(c1ccc(F)cc1)n1cc(-c2cnn(S(=O)(=O)c3ccc(F)cc3)c2)cn1. The fourth-order valence-electron chi connectivity index (χ4n) is 2.60. The van der Waals surface area contributed by atoms with Crippen LogP contribution in [0.2, 0.25) is 0 Å². The molecule has 0 bridgehead atoms. The molecule has 0 radical (unpaired) electrons. The Morgan fingerprint density at radius 3 is 1.27 bits per heavy atom. The molecule has 0 spiro atoms. The van der Waals surface area contributed by atoms with E-state index < -0.39 is 31.7 Å². The lowest BCUT2D eigenvalue weighted by Crippen LogP contribution is -2.13. The van der Waals surface area contributed by atoms with E-state index in [0.29, 0.717) is 19.3 Å². The van der Waals surface area contributed by atoms with Crippen LogP contribution in [0.5, 0.6) is 0 Å². The van der Waals surface area contributed by atoms with Crippen molar-refractivity contribution in [3.05, 3.63) is 85.0 Å². The summed E-state index contributed by atoms with van der Waals surface area (Å²) in [5.41, 5.74) is 0.586. The fourth-order valence-corrected chi connectivity index (χ4v) is 4.84. The molecule has 154 valence electrons. The third-order valence-corrected chi connectivity index (χ3v) is 7.29. The Morgan fingerprint density at radius 1 is 0.600 bits per heavy atom. The Labute approximate surface area is 170 Å². The Morgan fingerprint density at radius 2 is 0.933 bits per heavy atom. The third-order valence-electron chi connectivity index (χ3n) is 4.17. The molecule has 4 rings (SSSR count). The first-order valence-electron chi connectivity index (χ1n) is 8.30. The lowest BCUT2D eigenvalue weighted by molar-refractivity contribution is 0.577. The van der Waals surface area contributed by atoms with Crippen molar-refractivity contribution >= 4 is 20.0 Å². The highest BCUT2D eigenvalue weighted by molar-refractivity contribution is 7.90. The zero-order valence-corrected chi connectivity index (χ0v) is 16.6. The monoisotopic (exact) mass is 450 g/mol. The van der Waals surface area contributed by atoms with Crippen LogP contribution < -0.4 is 0 Å². The minimum absolute atomic E-state index is 0.159. The Kier molecular flexibility index (Phi) is 4.74. The van der Waals surface area contributed by atoms with E-state index in [2.05, 4.69) is 10.2 Å². The normalized spacial score (nSPS) is 12.2. The van der Waals surface area contributed by atoms with Crippen LogP contribution in [-0.4, -0.2) is 35.2 Å². The zero-order valence-electron chi connectivity index (χ0n) is 14.9. The van der Waals surface area contributed by atoms with E-state index in [1.807, 2.05) is 0 Å². The molecule has 2 aromatic carbocycles. The van der Waals surface area contributed by atoms with Crippen molar-refractivity contribution < 1.29 is 25.6 Å². The molecule has 0 unspecified atom stereocenters. The van der Waals surface area contributed by atoms with Crippen molar-refractivity contribution in [3.63, 3.8) is 0 Å². The minimum atomic E-state index is -4.05. The Bertz CT molecular complexity index is 1310. The molecule has 2 heterocycles. The van der Waals surface area contributed by atoms with E-state index in [-0.39, 0.29) is 9.79 Å². The second kappa shape index (κ2) is 7.15. The lowest BCUT2D eigenvalue weighted by atomic mass is 10.2. The van der Waals surface area contributed by atoms with Gasteiger partial charge in [0.2, 0.25) is 0 Å². The van der Waals surface area contributed by atoms with Crippen LogP contribution >= 0.6 is 0 Å². The lowest BCUT2D eigenvalue weighted by Gasteiger charge is -2.04. The van der Waals surface area contributed by atoms with Gasteiger partial charge in [0.1, 0.15) is 11.6 Å². The van der Waals surface area contributed by atoms with Gasteiger partial charge >= 0.3 is 0 Å². The molecule has 0 aliphatic carbocycles. The summed E-state index contributed by atoms with van der Waals surface area (Å²) in [4.78, 5) is -0.318. The van der Waals surface area contributed by atoms with Crippen LogP contribution in [0, 0.1) is 11.6 Å². The first kappa shape index (κ1) is 19.9. The van der Waals surface area contributed by atoms with Crippen molar-refractivity contribution in [3.8, 4) is 11.1 Å². The first-order valence-corrected chi connectivity index (χ1v) is 11.2. The van der Waals surface area contributed by atoms with Gasteiger partial charge in [0.15, 0.2) is 0 Å². The molecule has 30 heavy (non-hydrogen) atoms. The highest BCUT2D eigenvalue weighted by Crippen LogP contribution is 2.23. The van der Waals surface area contributed by atoms with Crippen LogP contribution in [0.15, 0.2) is 83.1 Å². The van der Waals surface area contributed by atoms with Crippen molar-refractivity contribution in [2.45, 2.75) is 9.79 Å². The van der Waals surface area contributed by atoms with E-state index in [0.717, 1.165) is 48.5 Å². The molecule has 4 aromatic rings. The van der Waals surface area contributed by atoms with Gasteiger partial charge in [-0.2, -0.15) is 35.2 Å². The van der Waals surface area contributed by atoms with Crippen molar-refractivity contribution in [2.75, 3.05) is 0 Å². The Balaban J connectivity index is 1.66. The summed E-state index contributed by atoms with van der Waals surface area (Å²) in [6.45, 7) is 0. The maximum Gasteiger partial charge on any atom is 0.282 e. The minimum Gasteiger partial charge on any atom is -0.207 e. The highest BCUT2D eigenvalue weighted by Gasteiger charge is 2.21. The molecule has 0 amide bonds. The molecule has 0 fully saturated rings. The fraction of sp³-hybridized carbons (Fsp3) is 0. The van der Waals surface area contributed by atoms with Gasteiger partial charge in [-0.25, -0.2) is 8.78 Å². The summed E-state index contributed by atoms with van der Waals surface area (Å²) >= 11 is 0. The quantitative estimate of drug-likeness (QED) is 0.463. The molecule has 12 heteroatoms. The summed E-state index contributed by atoms with van der Waals surface area (Å²) < 4.78 is 77.9. The van der Waals surface area contributed by atoms with Crippen LogP contribution in [0.4, 0.5) is 8.78 Å². The van der Waals surface area contributed by atoms with Gasteiger partial charge in [0.25, 0.3) is 20.0 Å². The molecule has 2 aromatic heterocycles. The van der Waals surface area contributed by atoms with Crippen LogP contribution in [-0.2, 0) is 20.0 Å². The maximum atomic E-state index is 13.0. The van der Waals surface area contributed by atoms with Gasteiger partial charge in [-0.05, 0) is 48.5 Å². The number of rotatable bonds is 5. The molecule has 0 saturated carbocycles. The number of hydrogen-bond donors (Lipinski definition) is 0. The van der Waals surface area contributed by atoms with Gasteiger partial charge in [-0.3, -0.25) is 0 Å². The summed E-state index contributed by atoms with van der Waals surface area (Å²) in [5.74, 6) is -1.16. The number of nitrogens with zero attached hydrogens (tertiary/aromatic N) is 4. The summed E-state index contributed by atoms with van der Waals surface area (Å²) in [6.07, 6.45) is 4.83. The number of benzene rings is 2. The van der Waals surface area contributed by atoms with E-state index in [9.17, 15) is 25.6 Å². The topological polar surface area (TPSA) is 104 Å². The molecular weight excluding hydrogens is 438 g/mol. The van der Waals surface area contributed by atoms with E-state index >= 15 is 0 Å². The van der Waals surface area contributed by atoms with Crippen LogP contribution in [0.1, 0.15) is 0 Å². The van der Waals surface area contributed by atoms with Crippen molar-refractivity contribution in [2.24, 2.45) is 0 Å². The molecular formula is C18H12F2N4O4S2. The average Bonchev–Trinajstić information content (AvgIpc) is 3.39. The van der Waals surface area contributed by atoms with Crippen LogP contribution in [0.25, 0.3) is 11.1 Å². The zero-order chi connectivity index (χ0) is 21.5. The first-order chi connectivity index (χ1) is 14.2. The predicted octanol–water partition coefficient (Wildman–Crippen LogP) is 2.50. The molecule has 0 aliphatic heterocycles. The second-order valence-electron chi connectivity index (χ2n) is 6.12. The van der Waals surface area contributed by atoms with Crippen LogP contribution in [0.3, 0.4) is 0 Å². The summed E-state index contributed by atoms with van der Waals surface area (Å²) in [7, 11) is -8.11. The van der Waals surface area contributed by atoms with Gasteiger partial charge in [0, 0.05) is 11.1 Å². The van der Waals surface area contributed by atoms with Gasteiger partial charge in [-0.15, -0.1) is 0 Å². The predicted molar refractivity (Wildman–Crippen MR) is 101 cm³/mol. The highest BCUT2D eigenvalue weighted by atomic mass is 32.2. The van der Waals surface area contributed by atoms with E-state index in [1.165, 1.54) is 24.8 Å². The largest absolute Gasteiger partial charge is 0.282 e. The van der Waals surface area contributed by atoms with E-state index in [1.54, 1.807) is 0 Å². The van der Waals surface area contributed by atoms with Crippen molar-refractivity contribution in [1.29, 1.82) is 0 Å². The number of aromatic nitrogens is 4. The molecule has 0 aliphatic rings. The van der Waals surface area contributed by atoms with Gasteiger partial charge < -0.3 is 0 Å². The molecule has 8 nitrogen and oxygen atoms in total. The van der Waals surface area contributed by atoms with Gasteiger partial charge in [0.05, 0.1) is 34.6 Å². The smallest absolute Gasteiger partial charge is 0.207 e. The summed E-state index contributed by atoms with van der Waals surface area (Å²) in [6, 6.07) is 8.50. The molecule has 0 atom stereocenters. The number of hydrogen-bond acceptors (Lipinski definition) is 6. The van der Waals surface area contributed by atoms with Gasteiger partial charge in [-0.1, -0.05) is 0 Å². The third kappa shape index (κ3) is 3.50. The summed E-state index contributed by atoms with van der Waals surface area (Å²) in [5, 5.41) is 7.62. The average molecular weight is 450 g/mol.